The zero-order chi connectivity index (χ0) is 101. The molecular formula is C112H142BBr2LiN8O15S4. The Morgan fingerprint density at radius 3 is 0.923 bits per heavy atom. The number of carbonyl (C=O) groups is 8. The molecule has 8 heterocycles. The topological polar surface area (TPSA) is 317 Å². The fraction of sp³-hybridized carbons (Fsp3) is 0.545. The van der Waals surface area contributed by atoms with Gasteiger partial charge in [0.15, 0.2) is 0 Å². The number of benzene rings is 4. The number of hydrogen-bond acceptors (Lipinski definition) is 22. The number of ether oxygens (including phenoxy) is 3. The number of rotatable bonds is 23. The van der Waals surface area contributed by atoms with E-state index in [2.05, 4.69) is 154 Å². The van der Waals surface area contributed by atoms with Crippen LogP contribution in [0.5, 0.6) is 0 Å². The number of nitrogens with zero attached hydrogens (tertiary/aromatic N) is 7. The van der Waals surface area contributed by atoms with Crippen LogP contribution in [0.3, 0.4) is 0 Å². The number of methoxy groups -OCH3 is 3. The van der Waals surface area contributed by atoms with Gasteiger partial charge in [-0.05, 0) is 368 Å². The Hall–Kier alpha value is -8.09. The summed E-state index contributed by atoms with van der Waals surface area (Å²) in [5.41, 5.74) is 7.62. The first kappa shape index (κ1) is 112. The molecule has 8 fully saturated rings. The number of carboxylic acids is 1. The van der Waals surface area contributed by atoms with Crippen LogP contribution in [0.4, 0.5) is 0 Å². The third kappa shape index (κ3) is 26.8. The summed E-state index contributed by atoms with van der Waals surface area (Å²) in [7, 11) is 3.12. The number of hydrogen-bond donors (Lipinski definition) is 4. The van der Waals surface area contributed by atoms with Gasteiger partial charge in [0.1, 0.15) is 40.2 Å². The maximum Gasteiger partial charge on any atom is 1.00 e. The number of thiophene rings is 4. The molecule has 4 aliphatic heterocycles. The molecule has 0 bridgehead atoms. The summed E-state index contributed by atoms with van der Waals surface area (Å²) in [5.74, 6) is 2.59. The van der Waals surface area contributed by atoms with Crippen LogP contribution in [-0.4, -0.2) is 182 Å². The fourth-order valence-corrected chi connectivity index (χ4v) is 27.1. The summed E-state index contributed by atoms with van der Waals surface area (Å²) < 4.78 is 16.4. The molecule has 762 valence electrons. The van der Waals surface area contributed by atoms with Crippen molar-refractivity contribution in [1.82, 2.24) is 24.9 Å². The molecule has 4 spiro atoms. The minimum absolute atomic E-state index is 0. The number of nitrogens with one attached hydrogen (secondary N) is 1. The van der Waals surface area contributed by atoms with E-state index in [1.165, 1.54) is 56.8 Å². The second-order valence-electron chi connectivity index (χ2n) is 44.9. The molecular weight excluding hydrogens is 2000 g/mol. The summed E-state index contributed by atoms with van der Waals surface area (Å²) in [6.45, 7) is 30.3. The van der Waals surface area contributed by atoms with E-state index in [0.717, 1.165) is 178 Å². The van der Waals surface area contributed by atoms with Crippen molar-refractivity contribution in [2.45, 2.75) is 296 Å². The third-order valence-electron chi connectivity index (χ3n) is 31.6. The van der Waals surface area contributed by atoms with Crippen molar-refractivity contribution >= 4 is 149 Å². The van der Waals surface area contributed by atoms with E-state index < -0.39 is 30.1 Å². The Balaban J connectivity index is 0.000000156. The number of esters is 3. The molecule has 31 heteroatoms. The molecule has 5 N–H and O–H groups in total. The van der Waals surface area contributed by atoms with E-state index in [-0.39, 0.29) is 111 Å². The van der Waals surface area contributed by atoms with Gasteiger partial charge in [-0.1, -0.05) is 144 Å². The quantitative estimate of drug-likeness (QED) is 0.0263. The SMILES string of the molecule is CC(C)(C)C1CCC2(CC1)N=C(c1ccc(C3CC3)s1)C(=O)N2CCc1ccc(C(=O)O)cc1.COC(=O)c1ccc(CCN2C(=O)C(c3ccc(Br)s3)=NC23CCC(C(C)(C)C)CC3)cc1.COC(=O)c1ccc(CCN2C(=O)C(c3ccc(Br)s3)NC23CCC(C(C)(C)C)CC3)cc1.COC(=O)c1ccc(CCN2C(=O)C(c3ccc(C4CC4)s3)=NC23CCC(C(C)(C)C)CC3)cc1.OB(O)C1CC1.[Li+].[OH-]. The Kier molecular flexibility index (Phi) is 36.7. The Labute approximate surface area is 889 Å². The Morgan fingerprint density at radius 2 is 0.664 bits per heavy atom. The van der Waals surface area contributed by atoms with E-state index in [0.29, 0.717) is 108 Å². The molecule has 143 heavy (non-hydrogen) atoms. The first-order chi connectivity index (χ1) is 66.9. The molecule has 19 rings (SSSR count). The molecule has 1 unspecified atom stereocenters. The van der Waals surface area contributed by atoms with Gasteiger partial charge in [0, 0.05) is 40.8 Å². The van der Waals surface area contributed by atoms with E-state index in [1.807, 2.05) is 82.6 Å². The molecule has 4 aromatic carbocycles. The summed E-state index contributed by atoms with van der Waals surface area (Å²) >= 11 is 13.8. The second-order valence-corrected chi connectivity index (χ2v) is 52.1. The van der Waals surface area contributed by atoms with Gasteiger partial charge in [-0.25, -0.2) is 24.2 Å². The van der Waals surface area contributed by atoms with Gasteiger partial charge in [-0.3, -0.25) is 34.5 Å². The average Bonchev–Trinajstić information content (AvgIpc) is 1.60. The number of halogens is 2. The zero-order valence-corrected chi connectivity index (χ0v) is 92.5. The van der Waals surface area contributed by atoms with Gasteiger partial charge in [0.05, 0.1) is 71.5 Å². The number of amides is 4. The van der Waals surface area contributed by atoms with Gasteiger partial charge >= 0.3 is 49.9 Å². The molecule has 1 saturated heterocycles. The third-order valence-corrected chi connectivity index (χ3v) is 37.4. The van der Waals surface area contributed by atoms with E-state index >= 15 is 0 Å². The summed E-state index contributed by atoms with van der Waals surface area (Å²) in [6, 6.07) is 45.8. The molecule has 7 aliphatic carbocycles. The van der Waals surface area contributed by atoms with Crippen molar-refractivity contribution in [3.63, 3.8) is 0 Å². The average molecular weight is 2150 g/mol. The standard InChI is InChI=1S/C29H36N2O3S.C28H34N2O3S.C26H33BrN2O3S.C26H31BrN2O3S.C3H7BO2.Li.H2O/c1-28(2,3)22-13-16-29(17-14-22)30-25(24-12-11-23(35-24)20-9-10-20)26(32)31(29)18-15-19-5-7-21(8-6-19)27(33)34-4;1-27(2,3)21-12-15-28(16-13-21)29-24(23-11-10-22(34-23)19-8-9-19)25(31)30(28)17-14-18-4-6-20(7-5-18)26(32)33;2*1-25(2,3)19-11-14-26(15-12-19)28-22(20-9-10-21(27)33-20)23(30)29(26)16-13-17-5-7-18(8-6-17)24(31)32-4;5-4(6)3-1-2-3;;/h5-8,11-12,20,22H,9-10,13-18H2,1-4H3;4-7,10-11,19,21H,8-9,12-17H2,1-3H3,(H,32,33);5-10,19,22,28H,11-16H2,1-4H3;5-10,19H,11-16H2,1-4H3;3,5-6H,1-2H2;;1H2/q;;;;;+1;/p-1. The Bertz CT molecular complexity index is 5820. The van der Waals surface area contributed by atoms with Crippen LogP contribution in [0.25, 0.3) is 0 Å². The van der Waals surface area contributed by atoms with Gasteiger partial charge in [-0.2, -0.15) is 0 Å². The van der Waals surface area contributed by atoms with Crippen LogP contribution < -0.4 is 24.2 Å². The minimum atomic E-state index is -1.04. The van der Waals surface area contributed by atoms with Gasteiger partial charge < -0.3 is 54.4 Å². The van der Waals surface area contributed by atoms with Gasteiger partial charge in [0.2, 0.25) is 5.91 Å². The van der Waals surface area contributed by atoms with Crippen molar-refractivity contribution in [1.29, 1.82) is 0 Å². The van der Waals surface area contributed by atoms with E-state index in [1.54, 1.807) is 93.9 Å². The van der Waals surface area contributed by atoms with Crippen molar-refractivity contribution in [2.24, 2.45) is 60.3 Å². The molecule has 4 amide bonds. The Morgan fingerprint density at radius 1 is 0.385 bits per heavy atom. The van der Waals surface area contributed by atoms with Gasteiger partial charge in [-0.15, -0.1) is 45.3 Å². The van der Waals surface area contributed by atoms with Crippen LogP contribution in [0.2, 0.25) is 5.82 Å². The first-order valence-corrected chi connectivity index (χ1v) is 55.5. The molecule has 11 aliphatic rings. The summed E-state index contributed by atoms with van der Waals surface area (Å²) in [5, 5.41) is 29.4. The van der Waals surface area contributed by atoms with Crippen LogP contribution >= 0.6 is 77.2 Å². The van der Waals surface area contributed by atoms with Crippen molar-refractivity contribution < 1.29 is 92.1 Å². The molecule has 1 atom stereocenters. The molecule has 4 aromatic heterocycles. The zero-order valence-electron chi connectivity index (χ0n) is 86.1. The molecule has 0 radical (unpaired) electrons. The molecule has 8 aromatic rings. The van der Waals surface area contributed by atoms with Crippen LogP contribution in [0, 0.1) is 45.3 Å². The number of carboxylic acid groups (broad SMARTS) is 1. The van der Waals surface area contributed by atoms with Crippen molar-refractivity contribution in [2.75, 3.05) is 47.5 Å². The normalized spacial score (nSPS) is 24.2. The summed E-state index contributed by atoms with van der Waals surface area (Å²) in [6.07, 6.45) is 26.1. The summed E-state index contributed by atoms with van der Waals surface area (Å²) in [4.78, 5) is 132. The second kappa shape index (κ2) is 46.8. The maximum absolute atomic E-state index is 13.8. The minimum Gasteiger partial charge on any atom is -0.870 e. The van der Waals surface area contributed by atoms with E-state index in [9.17, 15) is 38.4 Å². The van der Waals surface area contributed by atoms with Crippen LogP contribution in [0.1, 0.15) is 335 Å². The smallest absolute Gasteiger partial charge is 0.870 e. The number of aliphatic imine (C=N–C) groups is 3. The predicted molar refractivity (Wildman–Crippen MR) is 572 cm³/mol. The van der Waals surface area contributed by atoms with Crippen molar-refractivity contribution in [3.05, 3.63) is 227 Å². The van der Waals surface area contributed by atoms with Crippen LogP contribution in [-0.2, 0) is 59.1 Å². The number of aromatic carboxylic acids is 1. The predicted octanol–water partition coefficient (Wildman–Crippen LogP) is 20.8. The molecule has 23 nitrogen and oxygen atoms in total. The fourth-order valence-electron chi connectivity index (χ4n) is 22.0. The number of carbonyl (C=O) groups excluding carboxylic acids is 7. The van der Waals surface area contributed by atoms with Crippen molar-refractivity contribution in [3.8, 4) is 0 Å². The van der Waals surface area contributed by atoms with Crippen LogP contribution in [0.15, 0.2) is 168 Å². The first-order valence-electron chi connectivity index (χ1n) is 50.7. The maximum atomic E-state index is 13.8. The van der Waals surface area contributed by atoms with Gasteiger partial charge in [0.25, 0.3) is 17.7 Å². The molecule has 7 saturated carbocycles. The monoisotopic (exact) mass is 2140 g/mol. The van der Waals surface area contributed by atoms with E-state index in [4.69, 9.17) is 44.3 Å². The largest absolute Gasteiger partial charge is 1.00 e.